The fraction of sp³-hybridized carbons (Fsp3) is 0.0625. The van der Waals surface area contributed by atoms with E-state index in [0.29, 0.717) is 26.9 Å². The molecule has 0 aliphatic heterocycles. The van der Waals surface area contributed by atoms with Crippen LogP contribution in [0.15, 0.2) is 54.2 Å². The highest BCUT2D eigenvalue weighted by molar-refractivity contribution is 6.37. The Morgan fingerprint density at radius 3 is 2.46 bits per heavy atom. The van der Waals surface area contributed by atoms with Crippen LogP contribution >= 0.6 is 23.2 Å². The first kappa shape index (κ1) is 16.4. The first-order chi connectivity index (χ1) is 11.6. The van der Waals surface area contributed by atoms with E-state index in [4.69, 9.17) is 27.9 Å². The van der Waals surface area contributed by atoms with Crippen LogP contribution in [0, 0.1) is 5.82 Å². The molecule has 0 amide bonds. The predicted octanol–water partition coefficient (Wildman–Crippen LogP) is 4.19. The fourth-order valence-corrected chi connectivity index (χ4v) is 2.56. The molecule has 3 rings (SSSR count). The quantitative estimate of drug-likeness (QED) is 0.638. The summed E-state index contributed by atoms with van der Waals surface area (Å²) in [6.45, 7) is 0.0280. The number of rotatable bonds is 5. The van der Waals surface area contributed by atoms with Crippen LogP contribution in [0.5, 0.6) is 5.75 Å². The summed E-state index contributed by atoms with van der Waals surface area (Å²) in [5, 5.41) is 12.0. The number of benzene rings is 2. The summed E-state index contributed by atoms with van der Waals surface area (Å²) in [6.07, 6.45) is 4.46. The van der Waals surface area contributed by atoms with Crippen molar-refractivity contribution in [2.45, 2.75) is 6.61 Å². The van der Waals surface area contributed by atoms with Crippen molar-refractivity contribution in [1.82, 2.24) is 14.9 Å². The summed E-state index contributed by atoms with van der Waals surface area (Å²) >= 11 is 12.4. The third-order valence-electron chi connectivity index (χ3n) is 3.10. The number of halogens is 3. The van der Waals surface area contributed by atoms with Gasteiger partial charge in [-0.2, -0.15) is 5.10 Å². The van der Waals surface area contributed by atoms with Crippen molar-refractivity contribution in [2.75, 3.05) is 0 Å². The van der Waals surface area contributed by atoms with Crippen LogP contribution in [0.4, 0.5) is 4.39 Å². The van der Waals surface area contributed by atoms with Crippen LogP contribution < -0.4 is 4.74 Å². The molecule has 0 bridgehead atoms. The lowest BCUT2D eigenvalue weighted by atomic mass is 10.2. The zero-order chi connectivity index (χ0) is 16.9. The molecular weight excluding hydrogens is 354 g/mol. The minimum Gasteiger partial charge on any atom is -0.486 e. The SMILES string of the molecule is Fc1ccccc1COc1c(Cl)cc(/C=N\n2cnnc2)cc1Cl. The first-order valence-electron chi connectivity index (χ1n) is 6.88. The van der Waals surface area contributed by atoms with Crippen molar-refractivity contribution in [3.05, 3.63) is 76.0 Å². The molecule has 0 aliphatic rings. The summed E-state index contributed by atoms with van der Waals surface area (Å²) < 4.78 is 20.6. The van der Waals surface area contributed by atoms with E-state index in [-0.39, 0.29) is 12.4 Å². The van der Waals surface area contributed by atoms with E-state index in [1.807, 2.05) is 0 Å². The van der Waals surface area contributed by atoms with Gasteiger partial charge in [0, 0.05) is 5.56 Å². The van der Waals surface area contributed by atoms with E-state index >= 15 is 0 Å². The van der Waals surface area contributed by atoms with Gasteiger partial charge >= 0.3 is 0 Å². The average Bonchev–Trinajstić information content (AvgIpc) is 3.07. The summed E-state index contributed by atoms with van der Waals surface area (Å²) in [6, 6.07) is 9.65. The van der Waals surface area contributed by atoms with Gasteiger partial charge in [-0.05, 0) is 23.8 Å². The molecule has 0 atom stereocenters. The van der Waals surface area contributed by atoms with Gasteiger partial charge in [0.05, 0.1) is 16.3 Å². The highest BCUT2D eigenvalue weighted by atomic mass is 35.5. The zero-order valence-electron chi connectivity index (χ0n) is 12.2. The van der Waals surface area contributed by atoms with Gasteiger partial charge in [0.2, 0.25) is 0 Å². The maximum absolute atomic E-state index is 13.6. The summed E-state index contributed by atoms with van der Waals surface area (Å²) in [5.41, 5.74) is 1.10. The van der Waals surface area contributed by atoms with E-state index in [0.717, 1.165) is 0 Å². The maximum atomic E-state index is 13.6. The summed E-state index contributed by atoms with van der Waals surface area (Å²) in [7, 11) is 0. The predicted molar refractivity (Wildman–Crippen MR) is 90.2 cm³/mol. The molecule has 24 heavy (non-hydrogen) atoms. The van der Waals surface area contributed by atoms with E-state index in [1.165, 1.54) is 23.4 Å². The molecule has 0 radical (unpaired) electrons. The highest BCUT2D eigenvalue weighted by Crippen LogP contribution is 2.34. The van der Waals surface area contributed by atoms with E-state index in [9.17, 15) is 4.39 Å². The third-order valence-corrected chi connectivity index (χ3v) is 3.66. The molecule has 1 heterocycles. The molecule has 122 valence electrons. The highest BCUT2D eigenvalue weighted by Gasteiger charge is 2.11. The minimum atomic E-state index is -0.345. The van der Waals surface area contributed by atoms with Gasteiger partial charge in [0.15, 0.2) is 5.75 Å². The number of hydrogen-bond donors (Lipinski definition) is 0. The van der Waals surface area contributed by atoms with Crippen molar-refractivity contribution in [2.24, 2.45) is 5.10 Å². The standard InChI is InChI=1S/C16H11Cl2FN4O/c17-13-5-11(7-22-23-9-20-21-10-23)6-14(18)16(13)24-8-12-3-1-2-4-15(12)19/h1-7,9-10H,8H2/b22-7-. The molecule has 0 saturated heterocycles. The second-order valence-electron chi connectivity index (χ2n) is 4.78. The molecule has 0 aliphatic carbocycles. The van der Waals surface area contributed by atoms with Gasteiger partial charge in [0.1, 0.15) is 25.1 Å². The molecule has 0 spiro atoms. The second-order valence-corrected chi connectivity index (χ2v) is 5.59. The Bertz CT molecular complexity index is 845. The second kappa shape index (κ2) is 7.42. The zero-order valence-corrected chi connectivity index (χ0v) is 13.7. The normalized spacial score (nSPS) is 11.1. The van der Waals surface area contributed by atoms with Gasteiger partial charge in [-0.25, -0.2) is 9.07 Å². The monoisotopic (exact) mass is 364 g/mol. The van der Waals surface area contributed by atoms with Crippen molar-refractivity contribution in [3.8, 4) is 5.75 Å². The summed E-state index contributed by atoms with van der Waals surface area (Å²) in [5.74, 6) is -0.0505. The Kier molecular flexibility index (Phi) is 5.08. The largest absolute Gasteiger partial charge is 0.486 e. The average molecular weight is 365 g/mol. The Morgan fingerprint density at radius 2 is 1.79 bits per heavy atom. The van der Waals surface area contributed by atoms with E-state index < -0.39 is 0 Å². The number of nitrogens with zero attached hydrogens (tertiary/aromatic N) is 4. The topological polar surface area (TPSA) is 52.3 Å². The lowest BCUT2D eigenvalue weighted by molar-refractivity contribution is 0.300. The lowest BCUT2D eigenvalue weighted by Crippen LogP contribution is -2.00. The molecular formula is C16H11Cl2FN4O. The van der Waals surface area contributed by atoms with Gasteiger partial charge < -0.3 is 4.74 Å². The lowest BCUT2D eigenvalue weighted by Gasteiger charge is -2.11. The molecule has 3 aromatic rings. The van der Waals surface area contributed by atoms with Crippen LogP contribution in [0.25, 0.3) is 0 Å². The molecule has 8 heteroatoms. The van der Waals surface area contributed by atoms with Crippen molar-refractivity contribution in [3.63, 3.8) is 0 Å². The van der Waals surface area contributed by atoms with Gasteiger partial charge in [-0.15, -0.1) is 10.2 Å². The van der Waals surface area contributed by atoms with Crippen LogP contribution in [0.2, 0.25) is 10.0 Å². The first-order valence-corrected chi connectivity index (χ1v) is 7.63. The van der Waals surface area contributed by atoms with Crippen LogP contribution in [0.3, 0.4) is 0 Å². The van der Waals surface area contributed by atoms with Crippen LogP contribution in [-0.4, -0.2) is 21.1 Å². The smallest absolute Gasteiger partial charge is 0.157 e. The Labute approximate surface area is 147 Å². The molecule has 0 saturated carbocycles. The Morgan fingerprint density at radius 1 is 1.12 bits per heavy atom. The van der Waals surface area contributed by atoms with E-state index in [2.05, 4.69) is 15.3 Å². The number of aromatic nitrogens is 3. The molecule has 2 aromatic carbocycles. The maximum Gasteiger partial charge on any atom is 0.157 e. The number of ether oxygens (including phenoxy) is 1. The minimum absolute atomic E-state index is 0.0280. The third kappa shape index (κ3) is 3.90. The Hall–Kier alpha value is -2.44. The Balaban J connectivity index is 1.76. The molecule has 0 N–H and O–H groups in total. The molecule has 5 nitrogen and oxygen atoms in total. The number of hydrogen-bond acceptors (Lipinski definition) is 4. The van der Waals surface area contributed by atoms with Crippen LogP contribution in [-0.2, 0) is 6.61 Å². The van der Waals surface area contributed by atoms with E-state index in [1.54, 1.807) is 36.5 Å². The van der Waals surface area contributed by atoms with Gasteiger partial charge in [0.25, 0.3) is 0 Å². The molecule has 0 unspecified atom stereocenters. The molecule has 1 aromatic heterocycles. The van der Waals surface area contributed by atoms with Crippen molar-refractivity contribution >= 4 is 29.4 Å². The summed E-state index contributed by atoms with van der Waals surface area (Å²) in [4.78, 5) is 0. The molecule has 0 fully saturated rings. The van der Waals surface area contributed by atoms with Crippen molar-refractivity contribution < 1.29 is 9.13 Å². The van der Waals surface area contributed by atoms with Crippen LogP contribution in [0.1, 0.15) is 11.1 Å². The fourth-order valence-electron chi connectivity index (χ4n) is 1.95. The van der Waals surface area contributed by atoms with Gasteiger partial charge in [-0.3, -0.25) is 0 Å². The van der Waals surface area contributed by atoms with Crippen molar-refractivity contribution in [1.29, 1.82) is 0 Å². The van der Waals surface area contributed by atoms with Gasteiger partial charge in [-0.1, -0.05) is 41.4 Å².